The second kappa shape index (κ2) is 4.41. The summed E-state index contributed by atoms with van der Waals surface area (Å²) < 4.78 is 0. The molecule has 2 N–H and O–H groups in total. The third-order valence-corrected chi connectivity index (χ3v) is 2.92. The highest BCUT2D eigenvalue weighted by Crippen LogP contribution is 2.31. The molecule has 0 heterocycles. The molecule has 0 amide bonds. The van der Waals surface area contributed by atoms with E-state index in [2.05, 4.69) is 5.32 Å². The molecular formula is C16H13NO. The second-order valence-corrected chi connectivity index (χ2v) is 4.21. The van der Waals surface area contributed by atoms with Crippen molar-refractivity contribution in [3.8, 4) is 5.75 Å². The van der Waals surface area contributed by atoms with Crippen molar-refractivity contribution in [2.45, 2.75) is 0 Å². The summed E-state index contributed by atoms with van der Waals surface area (Å²) in [7, 11) is 0. The molecule has 0 unspecified atom stereocenters. The van der Waals surface area contributed by atoms with Crippen LogP contribution in [0.1, 0.15) is 0 Å². The first-order chi connectivity index (χ1) is 8.83. The molecule has 2 nitrogen and oxygen atoms in total. The Morgan fingerprint density at radius 3 is 2.06 bits per heavy atom. The number of phenols is 1. The maximum Gasteiger partial charge on any atom is 0.139 e. The van der Waals surface area contributed by atoms with Crippen molar-refractivity contribution in [1.29, 1.82) is 0 Å². The number of benzene rings is 3. The summed E-state index contributed by atoms with van der Waals surface area (Å²) in [5, 5.41) is 15.4. The highest BCUT2D eigenvalue weighted by molar-refractivity contribution is 5.89. The third-order valence-electron chi connectivity index (χ3n) is 2.92. The van der Waals surface area contributed by atoms with E-state index in [9.17, 15) is 5.11 Å². The molecule has 18 heavy (non-hydrogen) atoms. The van der Waals surface area contributed by atoms with Crippen molar-refractivity contribution in [1.82, 2.24) is 0 Å². The Hall–Kier alpha value is -2.48. The Labute approximate surface area is 106 Å². The average Bonchev–Trinajstić information content (AvgIpc) is 2.41. The first kappa shape index (κ1) is 10.7. The molecule has 0 aliphatic rings. The zero-order valence-electron chi connectivity index (χ0n) is 9.80. The van der Waals surface area contributed by atoms with E-state index in [4.69, 9.17) is 0 Å². The Kier molecular flexibility index (Phi) is 2.61. The van der Waals surface area contributed by atoms with Crippen LogP contribution < -0.4 is 5.32 Å². The standard InChI is InChI=1S/C16H13NO/c18-16-11-13-7-5-4-6-12(13)10-15(16)17-14-8-2-1-3-9-14/h1-11,17-18H. The molecule has 0 radical (unpaired) electrons. The normalized spacial score (nSPS) is 10.4. The summed E-state index contributed by atoms with van der Waals surface area (Å²) in [5.74, 6) is 0.262. The van der Waals surface area contributed by atoms with Gasteiger partial charge in [-0.2, -0.15) is 0 Å². The Morgan fingerprint density at radius 1 is 0.722 bits per heavy atom. The molecule has 0 saturated heterocycles. The monoisotopic (exact) mass is 235 g/mol. The zero-order valence-corrected chi connectivity index (χ0v) is 9.80. The minimum atomic E-state index is 0.262. The molecule has 3 rings (SSSR count). The van der Waals surface area contributed by atoms with E-state index in [0.29, 0.717) is 0 Å². The fourth-order valence-corrected chi connectivity index (χ4v) is 2.01. The van der Waals surface area contributed by atoms with Gasteiger partial charge in [-0.05, 0) is 35.0 Å². The number of para-hydroxylation sites is 1. The Bertz CT molecular complexity index is 677. The van der Waals surface area contributed by atoms with Gasteiger partial charge in [0, 0.05) is 5.69 Å². The number of phenolic OH excluding ortho intramolecular Hbond substituents is 1. The molecule has 0 aliphatic carbocycles. The summed E-state index contributed by atoms with van der Waals surface area (Å²) >= 11 is 0. The summed E-state index contributed by atoms with van der Waals surface area (Å²) in [5.41, 5.74) is 1.68. The van der Waals surface area contributed by atoms with Crippen LogP contribution in [0.15, 0.2) is 66.7 Å². The van der Waals surface area contributed by atoms with Gasteiger partial charge in [-0.15, -0.1) is 0 Å². The van der Waals surface area contributed by atoms with E-state index < -0.39 is 0 Å². The molecule has 0 aliphatic heterocycles. The van der Waals surface area contributed by atoms with Gasteiger partial charge in [0.25, 0.3) is 0 Å². The van der Waals surface area contributed by atoms with Crippen molar-refractivity contribution < 1.29 is 5.11 Å². The third kappa shape index (κ3) is 2.00. The Morgan fingerprint density at radius 2 is 1.33 bits per heavy atom. The zero-order chi connectivity index (χ0) is 12.4. The number of hydrogen-bond acceptors (Lipinski definition) is 2. The van der Waals surface area contributed by atoms with Gasteiger partial charge in [-0.3, -0.25) is 0 Å². The smallest absolute Gasteiger partial charge is 0.139 e. The van der Waals surface area contributed by atoms with Crippen molar-refractivity contribution >= 4 is 22.1 Å². The van der Waals surface area contributed by atoms with Crippen molar-refractivity contribution in [2.24, 2.45) is 0 Å². The lowest BCUT2D eigenvalue weighted by Crippen LogP contribution is -1.90. The summed E-state index contributed by atoms with van der Waals surface area (Å²) in [6, 6.07) is 21.5. The van der Waals surface area contributed by atoms with Gasteiger partial charge in [-0.25, -0.2) is 0 Å². The number of aromatic hydroxyl groups is 1. The molecule has 0 aromatic heterocycles. The maximum absolute atomic E-state index is 10.0. The van der Waals surface area contributed by atoms with Crippen LogP contribution in [0.25, 0.3) is 10.8 Å². The van der Waals surface area contributed by atoms with E-state index in [1.807, 2.05) is 60.7 Å². The Balaban J connectivity index is 2.04. The van der Waals surface area contributed by atoms with Gasteiger partial charge in [0.15, 0.2) is 0 Å². The molecular weight excluding hydrogens is 222 g/mol. The first-order valence-electron chi connectivity index (χ1n) is 5.87. The number of nitrogens with one attached hydrogen (secondary N) is 1. The minimum absolute atomic E-state index is 0.262. The largest absolute Gasteiger partial charge is 0.506 e. The van der Waals surface area contributed by atoms with Crippen LogP contribution in [0.4, 0.5) is 11.4 Å². The van der Waals surface area contributed by atoms with E-state index in [1.54, 1.807) is 6.07 Å². The number of hydrogen-bond donors (Lipinski definition) is 2. The molecule has 0 spiro atoms. The van der Waals surface area contributed by atoms with Gasteiger partial charge in [-0.1, -0.05) is 42.5 Å². The predicted molar refractivity (Wildman–Crippen MR) is 75.3 cm³/mol. The average molecular weight is 235 g/mol. The molecule has 3 aromatic rings. The quantitative estimate of drug-likeness (QED) is 0.649. The molecule has 0 bridgehead atoms. The lowest BCUT2D eigenvalue weighted by atomic mass is 10.1. The van der Waals surface area contributed by atoms with E-state index in [-0.39, 0.29) is 5.75 Å². The summed E-state index contributed by atoms with van der Waals surface area (Å²) in [6.45, 7) is 0. The van der Waals surface area contributed by atoms with Gasteiger partial charge < -0.3 is 10.4 Å². The summed E-state index contributed by atoms with van der Waals surface area (Å²) in [6.07, 6.45) is 0. The van der Waals surface area contributed by atoms with E-state index >= 15 is 0 Å². The van der Waals surface area contributed by atoms with E-state index in [0.717, 1.165) is 22.1 Å². The fourth-order valence-electron chi connectivity index (χ4n) is 2.01. The predicted octanol–water partition coefficient (Wildman–Crippen LogP) is 4.29. The highest BCUT2D eigenvalue weighted by atomic mass is 16.3. The van der Waals surface area contributed by atoms with Crippen LogP contribution in [0.5, 0.6) is 5.75 Å². The minimum Gasteiger partial charge on any atom is -0.506 e. The number of fused-ring (bicyclic) bond motifs is 1. The van der Waals surface area contributed by atoms with Crippen LogP contribution in [-0.2, 0) is 0 Å². The fraction of sp³-hybridized carbons (Fsp3) is 0. The van der Waals surface area contributed by atoms with Gasteiger partial charge in [0.1, 0.15) is 5.75 Å². The second-order valence-electron chi connectivity index (χ2n) is 4.21. The van der Waals surface area contributed by atoms with E-state index in [1.165, 1.54) is 0 Å². The molecule has 3 aromatic carbocycles. The van der Waals surface area contributed by atoms with Crippen molar-refractivity contribution in [3.05, 3.63) is 66.7 Å². The lowest BCUT2D eigenvalue weighted by molar-refractivity contribution is 0.478. The van der Waals surface area contributed by atoms with Crippen LogP contribution in [0.3, 0.4) is 0 Å². The number of rotatable bonds is 2. The number of anilines is 2. The van der Waals surface area contributed by atoms with Gasteiger partial charge >= 0.3 is 0 Å². The van der Waals surface area contributed by atoms with Crippen LogP contribution in [-0.4, -0.2) is 5.11 Å². The molecule has 2 heteroatoms. The molecule has 88 valence electrons. The highest BCUT2D eigenvalue weighted by Gasteiger charge is 2.03. The first-order valence-corrected chi connectivity index (χ1v) is 5.87. The van der Waals surface area contributed by atoms with Gasteiger partial charge in [0.05, 0.1) is 5.69 Å². The summed E-state index contributed by atoms with van der Waals surface area (Å²) in [4.78, 5) is 0. The lowest BCUT2D eigenvalue weighted by Gasteiger charge is -2.09. The molecule has 0 atom stereocenters. The molecule has 0 saturated carbocycles. The maximum atomic E-state index is 10.0. The van der Waals surface area contributed by atoms with Crippen molar-refractivity contribution in [3.63, 3.8) is 0 Å². The molecule has 0 fully saturated rings. The SMILES string of the molecule is Oc1cc2ccccc2cc1Nc1ccccc1. The van der Waals surface area contributed by atoms with Gasteiger partial charge in [0.2, 0.25) is 0 Å². The van der Waals surface area contributed by atoms with Crippen LogP contribution >= 0.6 is 0 Å². The van der Waals surface area contributed by atoms with Crippen LogP contribution in [0, 0.1) is 0 Å². The van der Waals surface area contributed by atoms with Crippen molar-refractivity contribution in [2.75, 3.05) is 5.32 Å². The topological polar surface area (TPSA) is 32.3 Å². The van der Waals surface area contributed by atoms with Crippen LogP contribution in [0.2, 0.25) is 0 Å².